The van der Waals surface area contributed by atoms with Crippen molar-refractivity contribution in [1.82, 2.24) is 15.4 Å². The molecular formula is C9H22N4S. The summed E-state index contributed by atoms with van der Waals surface area (Å²) in [6.07, 6.45) is 0. The van der Waals surface area contributed by atoms with Crippen LogP contribution in [0.4, 0.5) is 0 Å². The molecule has 0 amide bonds. The maximum atomic E-state index is 5.46. The summed E-state index contributed by atoms with van der Waals surface area (Å²) in [4.78, 5) is 2.00. The first-order chi connectivity index (χ1) is 6.21. The van der Waals surface area contributed by atoms with Crippen LogP contribution in [-0.2, 0) is 0 Å². The van der Waals surface area contributed by atoms with Gasteiger partial charge in [0.05, 0.1) is 5.54 Å². The first-order valence-corrected chi connectivity index (χ1v) is 5.16. The Morgan fingerprint density at radius 1 is 1.36 bits per heavy atom. The quantitative estimate of drug-likeness (QED) is 0.413. The monoisotopic (exact) mass is 218 g/mol. The van der Waals surface area contributed by atoms with Crippen LogP contribution in [-0.4, -0.2) is 33.6 Å². The first-order valence-electron chi connectivity index (χ1n) is 4.75. The number of nitrogens with one attached hydrogen (secondary N) is 1. The van der Waals surface area contributed by atoms with E-state index in [0.29, 0.717) is 11.2 Å². The van der Waals surface area contributed by atoms with E-state index in [1.165, 1.54) is 0 Å². The standard InChI is InChI=1S/C9H22N4S/c1-7(2)12(6)8(14)13(11-10)9(3,4)5/h7,11H,10H2,1-6H3. The lowest BCUT2D eigenvalue weighted by atomic mass is 10.1. The molecule has 4 nitrogen and oxygen atoms in total. The molecule has 0 aromatic heterocycles. The average molecular weight is 218 g/mol. The first kappa shape index (κ1) is 13.6. The summed E-state index contributed by atoms with van der Waals surface area (Å²) >= 11 is 5.33. The van der Waals surface area contributed by atoms with Crippen molar-refractivity contribution in [3.63, 3.8) is 0 Å². The minimum absolute atomic E-state index is 0.130. The number of nitrogens with zero attached hydrogens (tertiary/aromatic N) is 2. The highest BCUT2D eigenvalue weighted by molar-refractivity contribution is 7.80. The van der Waals surface area contributed by atoms with Gasteiger partial charge < -0.3 is 4.90 Å². The fraction of sp³-hybridized carbons (Fsp3) is 0.889. The third kappa shape index (κ3) is 3.40. The zero-order chi connectivity index (χ0) is 11.5. The molecule has 0 fully saturated rings. The summed E-state index contributed by atoms with van der Waals surface area (Å²) in [5, 5.41) is 2.48. The van der Waals surface area contributed by atoms with Gasteiger partial charge in [-0.2, -0.15) is 5.53 Å². The second kappa shape index (κ2) is 4.91. The van der Waals surface area contributed by atoms with Crippen molar-refractivity contribution in [3.05, 3.63) is 0 Å². The largest absolute Gasteiger partial charge is 0.349 e. The third-order valence-electron chi connectivity index (χ3n) is 2.07. The van der Waals surface area contributed by atoms with Crippen LogP contribution < -0.4 is 11.4 Å². The maximum absolute atomic E-state index is 5.46. The molecule has 0 bridgehead atoms. The minimum atomic E-state index is -0.130. The van der Waals surface area contributed by atoms with Gasteiger partial charge >= 0.3 is 0 Å². The van der Waals surface area contributed by atoms with Gasteiger partial charge in [-0.1, -0.05) is 0 Å². The fourth-order valence-electron chi connectivity index (χ4n) is 0.914. The summed E-state index contributed by atoms with van der Waals surface area (Å²) in [6.45, 7) is 10.3. The Morgan fingerprint density at radius 3 is 2.00 bits per heavy atom. The minimum Gasteiger partial charge on any atom is -0.349 e. The van der Waals surface area contributed by atoms with Gasteiger partial charge in [-0.05, 0) is 46.8 Å². The summed E-state index contributed by atoms with van der Waals surface area (Å²) in [5.41, 5.74) is 2.50. The predicted octanol–water partition coefficient (Wildman–Crippen LogP) is 1.09. The highest BCUT2D eigenvalue weighted by Crippen LogP contribution is 2.13. The van der Waals surface area contributed by atoms with E-state index in [0.717, 1.165) is 0 Å². The Balaban J connectivity index is 4.64. The average Bonchev–Trinajstić information content (AvgIpc) is 2.01. The van der Waals surface area contributed by atoms with Gasteiger partial charge in [0.25, 0.3) is 0 Å². The lowest BCUT2D eigenvalue weighted by Gasteiger charge is -2.40. The van der Waals surface area contributed by atoms with Gasteiger partial charge in [0.2, 0.25) is 0 Å². The highest BCUT2D eigenvalue weighted by atomic mass is 32.1. The molecule has 0 aliphatic heterocycles. The lowest BCUT2D eigenvalue weighted by molar-refractivity contribution is 0.146. The van der Waals surface area contributed by atoms with E-state index in [1.54, 1.807) is 5.01 Å². The Labute approximate surface area is 92.4 Å². The Morgan fingerprint density at radius 2 is 1.79 bits per heavy atom. The molecular weight excluding hydrogens is 196 g/mol. The van der Waals surface area contributed by atoms with Crippen LogP contribution >= 0.6 is 12.2 Å². The number of rotatable bonds is 2. The Hall–Kier alpha value is -0.390. The molecule has 0 saturated heterocycles. The molecule has 3 N–H and O–H groups in total. The zero-order valence-electron chi connectivity index (χ0n) is 9.96. The highest BCUT2D eigenvalue weighted by Gasteiger charge is 2.25. The van der Waals surface area contributed by atoms with Gasteiger partial charge in [0.1, 0.15) is 0 Å². The van der Waals surface area contributed by atoms with Crippen molar-refractivity contribution < 1.29 is 0 Å². The van der Waals surface area contributed by atoms with E-state index in [4.69, 9.17) is 18.1 Å². The van der Waals surface area contributed by atoms with Crippen LogP contribution in [0.25, 0.3) is 0 Å². The fourth-order valence-corrected chi connectivity index (χ4v) is 1.45. The topological polar surface area (TPSA) is 44.5 Å². The van der Waals surface area contributed by atoms with Crippen LogP contribution in [0.3, 0.4) is 0 Å². The number of hydrogen-bond donors (Lipinski definition) is 2. The summed E-state index contributed by atoms with van der Waals surface area (Å²) in [5.74, 6) is 5.46. The normalized spacial score (nSPS) is 11.7. The van der Waals surface area contributed by atoms with Crippen molar-refractivity contribution in [3.8, 4) is 0 Å². The van der Waals surface area contributed by atoms with Crippen LogP contribution in [0, 0.1) is 0 Å². The number of hydrogen-bond acceptors (Lipinski definition) is 3. The van der Waals surface area contributed by atoms with Crippen LogP contribution in [0.15, 0.2) is 0 Å². The molecule has 0 atom stereocenters. The zero-order valence-corrected chi connectivity index (χ0v) is 10.8. The molecule has 0 unspecified atom stereocenters. The summed E-state index contributed by atoms with van der Waals surface area (Å²) < 4.78 is 0. The van der Waals surface area contributed by atoms with Crippen LogP contribution in [0.5, 0.6) is 0 Å². The van der Waals surface area contributed by atoms with Gasteiger partial charge in [0.15, 0.2) is 5.11 Å². The van der Waals surface area contributed by atoms with Gasteiger partial charge in [-0.25, -0.2) is 0 Å². The van der Waals surface area contributed by atoms with Crippen LogP contribution in [0.2, 0.25) is 0 Å². The van der Waals surface area contributed by atoms with E-state index < -0.39 is 0 Å². The van der Waals surface area contributed by atoms with E-state index in [1.807, 2.05) is 32.7 Å². The smallest absolute Gasteiger partial charge is 0.187 e. The number of hydrazine groups is 2. The summed E-state index contributed by atoms with van der Waals surface area (Å²) in [6, 6.07) is 0.362. The Kier molecular flexibility index (Phi) is 4.77. The molecule has 0 aromatic rings. The second-order valence-corrected chi connectivity index (χ2v) is 4.99. The van der Waals surface area contributed by atoms with Gasteiger partial charge in [0, 0.05) is 13.1 Å². The molecule has 84 valence electrons. The van der Waals surface area contributed by atoms with E-state index in [9.17, 15) is 0 Å². The number of thiocarbonyl (C=S) groups is 1. The summed E-state index contributed by atoms with van der Waals surface area (Å²) in [7, 11) is 1.96. The lowest BCUT2D eigenvalue weighted by Crippen LogP contribution is -2.60. The van der Waals surface area contributed by atoms with E-state index >= 15 is 0 Å². The van der Waals surface area contributed by atoms with Gasteiger partial charge in [-0.3, -0.25) is 10.9 Å². The SMILES string of the molecule is CC(C)N(C)C(=S)N(NN)C(C)(C)C. The molecule has 0 heterocycles. The molecule has 0 aliphatic carbocycles. The van der Waals surface area contributed by atoms with E-state index in [2.05, 4.69) is 19.4 Å². The van der Waals surface area contributed by atoms with Crippen molar-refractivity contribution in [2.45, 2.75) is 46.2 Å². The van der Waals surface area contributed by atoms with E-state index in [-0.39, 0.29) is 5.54 Å². The molecule has 0 rings (SSSR count). The molecule has 0 aliphatic rings. The molecule has 0 aromatic carbocycles. The van der Waals surface area contributed by atoms with Crippen molar-refractivity contribution in [1.29, 1.82) is 0 Å². The molecule has 0 radical (unpaired) electrons. The predicted molar refractivity (Wildman–Crippen MR) is 64.4 cm³/mol. The van der Waals surface area contributed by atoms with Crippen molar-refractivity contribution in [2.24, 2.45) is 5.84 Å². The van der Waals surface area contributed by atoms with Gasteiger partial charge in [-0.15, -0.1) is 0 Å². The molecule has 0 saturated carbocycles. The molecule has 5 heteroatoms. The molecule has 0 spiro atoms. The third-order valence-corrected chi connectivity index (χ3v) is 2.54. The van der Waals surface area contributed by atoms with Crippen LogP contribution in [0.1, 0.15) is 34.6 Å². The van der Waals surface area contributed by atoms with Crippen molar-refractivity contribution >= 4 is 17.3 Å². The number of nitrogens with two attached hydrogens (primary N) is 1. The molecule has 14 heavy (non-hydrogen) atoms. The Bertz CT molecular complexity index is 197. The maximum Gasteiger partial charge on any atom is 0.187 e. The second-order valence-electron chi connectivity index (χ2n) is 4.62. The van der Waals surface area contributed by atoms with Crippen molar-refractivity contribution in [2.75, 3.05) is 7.05 Å².